The molecule has 4 aliphatic rings. The van der Waals surface area contributed by atoms with Crippen molar-refractivity contribution in [1.82, 2.24) is 0 Å². The Hall–Kier alpha value is 0. The number of fused-ring (bicyclic) bond motifs is 5. The normalized spacial score (nSPS) is 49.3. The quantitative estimate of drug-likeness (QED) is 0.409. The highest BCUT2D eigenvalue weighted by molar-refractivity contribution is 5.10. The van der Waals surface area contributed by atoms with Crippen LogP contribution in [0.25, 0.3) is 0 Å². The summed E-state index contributed by atoms with van der Waals surface area (Å²) in [6, 6.07) is 0. The molecule has 0 aromatic carbocycles. The van der Waals surface area contributed by atoms with Crippen LogP contribution in [0.2, 0.25) is 0 Å². The molecular formula is C27H48. The van der Waals surface area contributed by atoms with Gasteiger partial charge in [-0.3, -0.25) is 0 Å². The third kappa shape index (κ3) is 3.34. The van der Waals surface area contributed by atoms with Gasteiger partial charge in [0, 0.05) is 0 Å². The summed E-state index contributed by atoms with van der Waals surface area (Å²) >= 11 is 0. The van der Waals surface area contributed by atoms with Crippen molar-refractivity contribution >= 4 is 0 Å². The first-order valence-corrected chi connectivity index (χ1v) is 13.0. The molecule has 27 heavy (non-hydrogen) atoms. The fraction of sp³-hybridized carbons (Fsp3) is 1.00. The van der Waals surface area contributed by atoms with E-state index in [1.807, 2.05) is 0 Å². The summed E-state index contributed by atoms with van der Waals surface area (Å²) in [5, 5.41) is 0. The fourth-order valence-electron chi connectivity index (χ4n) is 9.42. The van der Waals surface area contributed by atoms with Crippen molar-refractivity contribution in [3.63, 3.8) is 0 Å². The van der Waals surface area contributed by atoms with Crippen LogP contribution >= 0.6 is 0 Å². The van der Waals surface area contributed by atoms with E-state index < -0.39 is 0 Å². The second kappa shape index (κ2) is 8.02. The maximum atomic E-state index is 2.76. The van der Waals surface area contributed by atoms with Gasteiger partial charge in [0.15, 0.2) is 0 Å². The molecule has 156 valence electrons. The van der Waals surface area contributed by atoms with Crippen LogP contribution in [0, 0.1) is 46.3 Å². The molecular weight excluding hydrogens is 324 g/mol. The van der Waals surface area contributed by atoms with Crippen LogP contribution in [0.3, 0.4) is 0 Å². The third-order valence-corrected chi connectivity index (χ3v) is 10.9. The summed E-state index contributed by atoms with van der Waals surface area (Å²) < 4.78 is 0. The summed E-state index contributed by atoms with van der Waals surface area (Å²) in [6.07, 6.45) is 22.9. The Labute approximate surface area is 170 Å². The monoisotopic (exact) mass is 372 g/mol. The lowest BCUT2D eigenvalue weighted by Gasteiger charge is -2.62. The number of hydrogen-bond donors (Lipinski definition) is 0. The van der Waals surface area contributed by atoms with Gasteiger partial charge in [0.25, 0.3) is 0 Å². The number of rotatable bonds is 6. The molecule has 0 heteroatoms. The first-order valence-electron chi connectivity index (χ1n) is 13.0. The van der Waals surface area contributed by atoms with E-state index in [0.29, 0.717) is 10.8 Å². The SMILES string of the molecule is CCCCCCC1CCC2C3C[C@H](CC)C4CCCCC4(C)C3CCC12C. The number of hydrogen-bond acceptors (Lipinski definition) is 0. The summed E-state index contributed by atoms with van der Waals surface area (Å²) in [5.74, 6) is 6.38. The Balaban J connectivity index is 1.51. The van der Waals surface area contributed by atoms with Crippen molar-refractivity contribution in [3.8, 4) is 0 Å². The number of unbranched alkanes of at least 4 members (excludes halogenated alkanes) is 3. The van der Waals surface area contributed by atoms with E-state index in [4.69, 9.17) is 0 Å². The Kier molecular flexibility index (Phi) is 6.03. The molecule has 0 radical (unpaired) electrons. The fourth-order valence-corrected chi connectivity index (χ4v) is 9.42. The van der Waals surface area contributed by atoms with E-state index in [1.165, 1.54) is 44.9 Å². The molecule has 0 amide bonds. The molecule has 8 atom stereocenters. The zero-order valence-electron chi connectivity index (χ0n) is 19.1. The van der Waals surface area contributed by atoms with Crippen LogP contribution in [0.4, 0.5) is 0 Å². The van der Waals surface area contributed by atoms with Gasteiger partial charge in [0.05, 0.1) is 0 Å². The Morgan fingerprint density at radius 1 is 0.741 bits per heavy atom. The minimum atomic E-state index is 0.697. The van der Waals surface area contributed by atoms with Crippen molar-refractivity contribution in [3.05, 3.63) is 0 Å². The molecule has 0 saturated heterocycles. The van der Waals surface area contributed by atoms with Crippen molar-refractivity contribution < 1.29 is 0 Å². The lowest BCUT2D eigenvalue weighted by molar-refractivity contribution is -0.135. The molecule has 0 spiro atoms. The lowest BCUT2D eigenvalue weighted by Crippen LogP contribution is -2.55. The van der Waals surface area contributed by atoms with E-state index >= 15 is 0 Å². The first kappa shape index (κ1) is 20.3. The molecule has 4 aliphatic carbocycles. The molecule has 0 heterocycles. The van der Waals surface area contributed by atoms with Gasteiger partial charge in [-0.15, -0.1) is 0 Å². The summed E-state index contributed by atoms with van der Waals surface area (Å²) in [4.78, 5) is 0. The topological polar surface area (TPSA) is 0 Å². The van der Waals surface area contributed by atoms with Gasteiger partial charge in [-0.1, -0.05) is 72.6 Å². The third-order valence-electron chi connectivity index (χ3n) is 10.9. The molecule has 0 nitrogen and oxygen atoms in total. The van der Waals surface area contributed by atoms with E-state index in [-0.39, 0.29) is 0 Å². The zero-order chi connectivity index (χ0) is 19.1. The van der Waals surface area contributed by atoms with E-state index in [9.17, 15) is 0 Å². The summed E-state index contributed by atoms with van der Waals surface area (Å²) in [7, 11) is 0. The molecule has 4 saturated carbocycles. The minimum Gasteiger partial charge on any atom is -0.0654 e. The van der Waals surface area contributed by atoms with E-state index in [1.54, 1.807) is 51.4 Å². The molecule has 7 unspecified atom stereocenters. The molecule has 4 rings (SSSR count). The standard InChI is InChI=1S/C27H48/c1-5-7-8-9-12-21-14-15-24-22-19-20(6-2)23-13-10-11-17-27(23,4)25(22)16-18-26(21,24)3/h20-25H,5-19H2,1-4H3/t20-,21?,22?,23?,24?,25?,26?,27?/m0/s1. The van der Waals surface area contributed by atoms with Crippen LogP contribution < -0.4 is 0 Å². The molecule has 0 aliphatic heterocycles. The zero-order valence-corrected chi connectivity index (χ0v) is 19.1. The van der Waals surface area contributed by atoms with Crippen LogP contribution in [0.15, 0.2) is 0 Å². The first-order chi connectivity index (χ1) is 13.0. The molecule has 0 N–H and O–H groups in total. The lowest BCUT2D eigenvalue weighted by atomic mass is 9.42. The van der Waals surface area contributed by atoms with Crippen molar-refractivity contribution in [2.24, 2.45) is 46.3 Å². The van der Waals surface area contributed by atoms with Crippen LogP contribution in [-0.2, 0) is 0 Å². The predicted molar refractivity (Wildman–Crippen MR) is 118 cm³/mol. The maximum Gasteiger partial charge on any atom is -0.0264 e. The average molecular weight is 373 g/mol. The Morgan fingerprint density at radius 3 is 2.33 bits per heavy atom. The molecule has 0 bridgehead atoms. The van der Waals surface area contributed by atoms with Gasteiger partial charge in [-0.2, -0.15) is 0 Å². The average Bonchev–Trinajstić information content (AvgIpc) is 3.00. The summed E-state index contributed by atoms with van der Waals surface area (Å²) in [6.45, 7) is 10.4. The second-order valence-corrected chi connectivity index (χ2v) is 11.8. The Morgan fingerprint density at radius 2 is 1.56 bits per heavy atom. The van der Waals surface area contributed by atoms with Crippen LogP contribution in [0.1, 0.15) is 124 Å². The highest BCUT2D eigenvalue weighted by Gasteiger charge is 2.60. The molecule has 0 aromatic heterocycles. The van der Waals surface area contributed by atoms with Gasteiger partial charge < -0.3 is 0 Å². The van der Waals surface area contributed by atoms with Crippen molar-refractivity contribution in [2.75, 3.05) is 0 Å². The van der Waals surface area contributed by atoms with Crippen LogP contribution in [0.5, 0.6) is 0 Å². The highest BCUT2D eigenvalue weighted by Crippen LogP contribution is 2.69. The maximum absolute atomic E-state index is 2.76. The summed E-state index contributed by atoms with van der Waals surface area (Å²) in [5.41, 5.74) is 1.39. The van der Waals surface area contributed by atoms with Crippen molar-refractivity contribution in [2.45, 2.75) is 124 Å². The smallest absolute Gasteiger partial charge is 0.0264 e. The Bertz CT molecular complexity index is 494. The second-order valence-electron chi connectivity index (χ2n) is 11.8. The van der Waals surface area contributed by atoms with Gasteiger partial charge in [-0.05, 0) is 97.7 Å². The van der Waals surface area contributed by atoms with Crippen molar-refractivity contribution in [1.29, 1.82) is 0 Å². The minimum absolute atomic E-state index is 0.697. The highest BCUT2D eigenvalue weighted by atomic mass is 14.7. The molecule has 0 aromatic rings. The van der Waals surface area contributed by atoms with Crippen LogP contribution in [-0.4, -0.2) is 0 Å². The van der Waals surface area contributed by atoms with E-state index in [0.717, 1.165) is 35.5 Å². The van der Waals surface area contributed by atoms with E-state index in [2.05, 4.69) is 27.7 Å². The largest absolute Gasteiger partial charge is 0.0654 e. The van der Waals surface area contributed by atoms with Gasteiger partial charge in [0.2, 0.25) is 0 Å². The predicted octanol–water partition coefficient (Wildman–Crippen LogP) is 8.64. The van der Waals surface area contributed by atoms with Gasteiger partial charge in [0.1, 0.15) is 0 Å². The van der Waals surface area contributed by atoms with Gasteiger partial charge in [-0.25, -0.2) is 0 Å². The van der Waals surface area contributed by atoms with Gasteiger partial charge >= 0.3 is 0 Å². The molecule has 4 fully saturated rings.